The summed E-state index contributed by atoms with van der Waals surface area (Å²) in [5.74, 6) is -0.254. The van der Waals surface area contributed by atoms with Gasteiger partial charge in [0.25, 0.3) is 0 Å². The lowest BCUT2D eigenvalue weighted by Gasteiger charge is -2.27. The molecule has 3 N–H and O–H groups in total. The summed E-state index contributed by atoms with van der Waals surface area (Å²) in [5, 5.41) is 20.6. The number of aliphatic hydroxyl groups is 2. The quantitative estimate of drug-likeness (QED) is 0.541. The maximum absolute atomic E-state index is 11.2. The van der Waals surface area contributed by atoms with E-state index in [1.165, 1.54) is 0 Å². The number of ether oxygens (including phenoxy) is 1. The Balaban J connectivity index is 2.23. The van der Waals surface area contributed by atoms with E-state index in [4.69, 9.17) is 9.84 Å². The van der Waals surface area contributed by atoms with Crippen LogP contribution in [0.15, 0.2) is 0 Å². The van der Waals surface area contributed by atoms with Crippen LogP contribution in [0.25, 0.3) is 0 Å². The van der Waals surface area contributed by atoms with Crippen molar-refractivity contribution < 1.29 is 19.7 Å². The van der Waals surface area contributed by atoms with Crippen LogP contribution in [-0.4, -0.2) is 48.6 Å². The Morgan fingerprint density at radius 1 is 1.57 bits per heavy atom. The predicted octanol–water partition coefficient (Wildman–Crippen LogP) is -1.12. The first kappa shape index (κ1) is 11.4. The van der Waals surface area contributed by atoms with Crippen molar-refractivity contribution in [2.24, 2.45) is 5.92 Å². The second-order valence-electron chi connectivity index (χ2n) is 3.47. The minimum Gasteiger partial charge on any atom is -0.395 e. The summed E-state index contributed by atoms with van der Waals surface area (Å²) in [5.41, 5.74) is 0. The molecule has 1 amide bonds. The van der Waals surface area contributed by atoms with Crippen molar-refractivity contribution in [1.82, 2.24) is 5.32 Å². The summed E-state index contributed by atoms with van der Waals surface area (Å²) in [6.07, 6.45) is 0.419. The predicted molar refractivity (Wildman–Crippen MR) is 49.6 cm³/mol. The van der Waals surface area contributed by atoms with Gasteiger partial charge in [-0.25, -0.2) is 0 Å². The molecule has 2 atom stereocenters. The topological polar surface area (TPSA) is 78.8 Å². The summed E-state index contributed by atoms with van der Waals surface area (Å²) in [6.45, 7) is 1.21. The normalized spacial score (nSPS) is 27.3. The minimum atomic E-state index is -0.441. The van der Waals surface area contributed by atoms with E-state index in [2.05, 4.69) is 5.32 Å². The number of hydrogen-bond acceptors (Lipinski definition) is 4. The van der Waals surface area contributed by atoms with Gasteiger partial charge < -0.3 is 20.3 Å². The van der Waals surface area contributed by atoms with Crippen LogP contribution in [0, 0.1) is 5.92 Å². The van der Waals surface area contributed by atoms with Crippen LogP contribution in [0.1, 0.15) is 12.8 Å². The fraction of sp³-hybridized carbons (Fsp3) is 0.889. The smallest absolute Gasteiger partial charge is 0.220 e. The van der Waals surface area contributed by atoms with Crippen molar-refractivity contribution in [2.45, 2.75) is 18.9 Å². The number of rotatable bonds is 4. The molecule has 0 aromatic rings. The van der Waals surface area contributed by atoms with Gasteiger partial charge in [0.05, 0.1) is 19.3 Å². The largest absolute Gasteiger partial charge is 0.395 e. The molecular weight excluding hydrogens is 186 g/mol. The zero-order valence-corrected chi connectivity index (χ0v) is 8.11. The Morgan fingerprint density at radius 2 is 2.36 bits per heavy atom. The first-order valence-electron chi connectivity index (χ1n) is 4.87. The van der Waals surface area contributed by atoms with Crippen LogP contribution in [0.5, 0.6) is 0 Å². The zero-order valence-electron chi connectivity index (χ0n) is 8.11. The second-order valence-corrected chi connectivity index (χ2v) is 3.47. The van der Waals surface area contributed by atoms with Gasteiger partial charge in [-0.05, 0) is 6.42 Å². The third-order valence-electron chi connectivity index (χ3n) is 2.32. The van der Waals surface area contributed by atoms with E-state index >= 15 is 0 Å². The van der Waals surface area contributed by atoms with Crippen LogP contribution < -0.4 is 5.32 Å². The summed E-state index contributed by atoms with van der Waals surface area (Å²) in [6, 6.07) is 0. The summed E-state index contributed by atoms with van der Waals surface area (Å²) in [4.78, 5) is 11.2. The van der Waals surface area contributed by atoms with E-state index in [0.29, 0.717) is 19.6 Å². The molecule has 0 aliphatic carbocycles. The lowest BCUT2D eigenvalue weighted by atomic mass is 9.95. The molecule has 1 saturated heterocycles. The molecule has 0 spiro atoms. The van der Waals surface area contributed by atoms with Gasteiger partial charge in [0.1, 0.15) is 0 Å². The fourth-order valence-corrected chi connectivity index (χ4v) is 1.49. The Morgan fingerprint density at radius 3 is 3.00 bits per heavy atom. The molecule has 1 rings (SSSR count). The van der Waals surface area contributed by atoms with Gasteiger partial charge in [-0.2, -0.15) is 0 Å². The van der Waals surface area contributed by atoms with Crippen molar-refractivity contribution in [3.63, 3.8) is 0 Å². The summed E-state index contributed by atoms with van der Waals surface area (Å²) < 4.78 is 5.17. The highest BCUT2D eigenvalue weighted by Crippen LogP contribution is 2.17. The van der Waals surface area contributed by atoms with Crippen LogP contribution in [-0.2, 0) is 9.53 Å². The molecule has 14 heavy (non-hydrogen) atoms. The van der Waals surface area contributed by atoms with E-state index in [9.17, 15) is 9.90 Å². The Bertz CT molecular complexity index is 186. The van der Waals surface area contributed by atoms with Crippen LogP contribution in [0.2, 0.25) is 0 Å². The molecule has 1 aliphatic rings. The molecule has 2 unspecified atom stereocenters. The maximum atomic E-state index is 11.2. The SMILES string of the molecule is O=C(CC1COCCC1O)NCCO. The van der Waals surface area contributed by atoms with Crippen molar-refractivity contribution >= 4 is 5.91 Å². The lowest BCUT2D eigenvalue weighted by molar-refractivity contribution is -0.125. The van der Waals surface area contributed by atoms with E-state index in [-0.39, 0.29) is 31.4 Å². The second kappa shape index (κ2) is 5.95. The summed E-state index contributed by atoms with van der Waals surface area (Å²) in [7, 11) is 0. The van der Waals surface area contributed by atoms with Crippen molar-refractivity contribution in [2.75, 3.05) is 26.4 Å². The Kier molecular flexibility index (Phi) is 4.86. The molecule has 0 aromatic carbocycles. The molecule has 5 nitrogen and oxygen atoms in total. The molecule has 0 saturated carbocycles. The number of carbonyl (C=O) groups excluding carboxylic acids is 1. The molecule has 0 radical (unpaired) electrons. The minimum absolute atomic E-state index is 0.0601. The molecule has 82 valence electrons. The van der Waals surface area contributed by atoms with Gasteiger partial charge in [-0.1, -0.05) is 0 Å². The number of hydrogen-bond donors (Lipinski definition) is 3. The number of aliphatic hydroxyl groups excluding tert-OH is 2. The zero-order chi connectivity index (χ0) is 10.4. The third-order valence-corrected chi connectivity index (χ3v) is 2.32. The van der Waals surface area contributed by atoms with Gasteiger partial charge in [-0.15, -0.1) is 0 Å². The molecule has 1 aliphatic heterocycles. The molecule has 0 bridgehead atoms. The molecule has 1 heterocycles. The molecule has 5 heteroatoms. The summed E-state index contributed by atoms with van der Waals surface area (Å²) >= 11 is 0. The van der Waals surface area contributed by atoms with Gasteiger partial charge >= 0.3 is 0 Å². The average molecular weight is 203 g/mol. The van der Waals surface area contributed by atoms with Crippen molar-refractivity contribution in [3.8, 4) is 0 Å². The van der Waals surface area contributed by atoms with Gasteiger partial charge in [0.15, 0.2) is 0 Å². The van der Waals surface area contributed by atoms with E-state index in [1.54, 1.807) is 0 Å². The monoisotopic (exact) mass is 203 g/mol. The Hall–Kier alpha value is -0.650. The highest BCUT2D eigenvalue weighted by molar-refractivity contribution is 5.76. The van der Waals surface area contributed by atoms with Crippen molar-refractivity contribution in [3.05, 3.63) is 0 Å². The molecule has 1 fully saturated rings. The fourth-order valence-electron chi connectivity index (χ4n) is 1.49. The molecular formula is C9H17NO4. The standard InChI is InChI=1S/C9H17NO4/c11-3-2-10-9(13)5-7-6-14-4-1-8(7)12/h7-8,11-12H,1-6H2,(H,10,13). The molecule has 0 aromatic heterocycles. The van der Waals surface area contributed by atoms with Crippen LogP contribution >= 0.6 is 0 Å². The van der Waals surface area contributed by atoms with Gasteiger partial charge in [0.2, 0.25) is 5.91 Å². The highest BCUT2D eigenvalue weighted by Gasteiger charge is 2.25. The van der Waals surface area contributed by atoms with Gasteiger partial charge in [-0.3, -0.25) is 4.79 Å². The number of amides is 1. The maximum Gasteiger partial charge on any atom is 0.220 e. The lowest BCUT2D eigenvalue weighted by Crippen LogP contribution is -2.37. The first-order chi connectivity index (χ1) is 6.74. The average Bonchev–Trinajstić information content (AvgIpc) is 2.18. The van der Waals surface area contributed by atoms with Gasteiger partial charge in [0, 0.05) is 25.5 Å². The van der Waals surface area contributed by atoms with E-state index < -0.39 is 6.10 Å². The number of carbonyl (C=O) groups is 1. The Labute approximate surface area is 83.1 Å². The van der Waals surface area contributed by atoms with E-state index in [0.717, 1.165) is 0 Å². The number of nitrogens with one attached hydrogen (secondary N) is 1. The van der Waals surface area contributed by atoms with Crippen LogP contribution in [0.4, 0.5) is 0 Å². The third kappa shape index (κ3) is 3.61. The highest BCUT2D eigenvalue weighted by atomic mass is 16.5. The van der Waals surface area contributed by atoms with Crippen molar-refractivity contribution in [1.29, 1.82) is 0 Å². The van der Waals surface area contributed by atoms with Crippen LogP contribution in [0.3, 0.4) is 0 Å². The first-order valence-corrected chi connectivity index (χ1v) is 4.87. The van der Waals surface area contributed by atoms with E-state index in [1.807, 2.05) is 0 Å².